The molecule has 2 aromatic rings. The molecule has 144 valence electrons. The van der Waals surface area contributed by atoms with Crippen molar-refractivity contribution in [1.82, 2.24) is 9.88 Å². The van der Waals surface area contributed by atoms with Crippen LogP contribution in [0.3, 0.4) is 0 Å². The number of hydrogen-bond acceptors (Lipinski definition) is 5. The topological polar surface area (TPSA) is 71.9 Å². The molecule has 6 nitrogen and oxygen atoms in total. The molecule has 1 aliphatic rings. The summed E-state index contributed by atoms with van der Waals surface area (Å²) >= 11 is 0. The van der Waals surface area contributed by atoms with Crippen molar-refractivity contribution in [2.75, 3.05) is 20.2 Å². The van der Waals surface area contributed by atoms with Crippen LogP contribution in [-0.4, -0.2) is 47.3 Å². The number of ether oxygens (including phenoxy) is 2. The van der Waals surface area contributed by atoms with Crippen LogP contribution in [0.25, 0.3) is 0 Å². The molecule has 1 N–H and O–H groups in total. The van der Waals surface area contributed by atoms with Gasteiger partial charge in [0.05, 0.1) is 19.8 Å². The van der Waals surface area contributed by atoms with E-state index in [1.165, 1.54) is 0 Å². The minimum atomic E-state index is -0.821. The summed E-state index contributed by atoms with van der Waals surface area (Å²) in [6, 6.07) is 8.81. The highest BCUT2D eigenvalue weighted by Crippen LogP contribution is 2.30. The zero-order chi connectivity index (χ0) is 19.2. The number of pyridine rings is 1. The molecule has 1 aromatic heterocycles. The summed E-state index contributed by atoms with van der Waals surface area (Å²) in [5.74, 6) is -0.0825. The van der Waals surface area contributed by atoms with Crippen LogP contribution in [0.1, 0.15) is 35.6 Å². The zero-order valence-electron chi connectivity index (χ0n) is 15.8. The van der Waals surface area contributed by atoms with E-state index in [9.17, 15) is 9.90 Å². The second-order valence-corrected chi connectivity index (χ2v) is 6.87. The smallest absolute Gasteiger partial charge is 0.325 e. The first kappa shape index (κ1) is 19.3. The van der Waals surface area contributed by atoms with E-state index in [1.54, 1.807) is 13.3 Å². The molecule has 0 amide bonds. The first-order chi connectivity index (χ1) is 13.1. The van der Waals surface area contributed by atoms with E-state index in [2.05, 4.69) is 4.98 Å². The third-order valence-electron chi connectivity index (χ3n) is 5.06. The Morgan fingerprint density at radius 3 is 2.70 bits per heavy atom. The maximum Gasteiger partial charge on any atom is 0.325 e. The maximum absolute atomic E-state index is 12.0. The number of carboxylic acid groups (broad SMARTS) is 1. The van der Waals surface area contributed by atoms with Crippen LogP contribution in [0.4, 0.5) is 0 Å². The number of aliphatic carboxylic acids is 1. The van der Waals surface area contributed by atoms with Crippen LogP contribution in [0, 0.1) is 6.92 Å². The summed E-state index contributed by atoms with van der Waals surface area (Å²) in [5, 5.41) is 9.84. The van der Waals surface area contributed by atoms with Gasteiger partial charge in [0.2, 0.25) is 0 Å². The maximum atomic E-state index is 12.0. The molecule has 1 saturated heterocycles. The molecular weight excluding hydrogens is 344 g/mol. The van der Waals surface area contributed by atoms with Crippen LogP contribution in [-0.2, 0) is 16.1 Å². The number of aryl methyl sites for hydroxylation is 1. The van der Waals surface area contributed by atoms with Crippen molar-refractivity contribution in [3.05, 3.63) is 59.4 Å². The molecule has 1 aromatic carbocycles. The van der Waals surface area contributed by atoms with E-state index >= 15 is 0 Å². The lowest BCUT2D eigenvalue weighted by molar-refractivity contribution is -0.145. The summed E-state index contributed by atoms with van der Waals surface area (Å²) in [4.78, 5) is 18.1. The Hall–Kier alpha value is -2.44. The number of rotatable bonds is 7. The molecule has 2 heterocycles. The second kappa shape index (κ2) is 8.97. The van der Waals surface area contributed by atoms with E-state index in [0.29, 0.717) is 19.7 Å². The fourth-order valence-corrected chi connectivity index (χ4v) is 3.57. The van der Waals surface area contributed by atoms with E-state index in [4.69, 9.17) is 9.47 Å². The van der Waals surface area contributed by atoms with Gasteiger partial charge in [-0.15, -0.1) is 0 Å². The fourth-order valence-electron chi connectivity index (χ4n) is 3.57. The van der Waals surface area contributed by atoms with Crippen molar-refractivity contribution in [3.63, 3.8) is 0 Å². The Morgan fingerprint density at radius 2 is 2.11 bits per heavy atom. The minimum absolute atomic E-state index is 0.146. The number of aromatic nitrogens is 1. The summed E-state index contributed by atoms with van der Waals surface area (Å²) in [5.41, 5.74) is 2.80. The summed E-state index contributed by atoms with van der Waals surface area (Å²) in [6.45, 7) is 3.86. The Kier molecular flexibility index (Phi) is 6.42. The second-order valence-electron chi connectivity index (χ2n) is 6.87. The predicted octanol–water partition coefficient (Wildman–Crippen LogP) is 3.21. The average Bonchev–Trinajstić information content (AvgIpc) is 2.69. The largest absolute Gasteiger partial charge is 0.497 e. The number of nitrogens with zero attached hydrogens (tertiary/aromatic N) is 2. The van der Waals surface area contributed by atoms with Gasteiger partial charge in [0.15, 0.2) is 0 Å². The molecule has 0 aliphatic carbocycles. The van der Waals surface area contributed by atoms with Gasteiger partial charge in [-0.3, -0.25) is 14.7 Å². The molecule has 0 unspecified atom stereocenters. The van der Waals surface area contributed by atoms with E-state index in [1.807, 2.05) is 48.4 Å². The molecular formula is C21H26N2O4. The third kappa shape index (κ3) is 4.84. The quantitative estimate of drug-likeness (QED) is 0.807. The van der Waals surface area contributed by atoms with E-state index in [0.717, 1.165) is 35.3 Å². The van der Waals surface area contributed by atoms with Gasteiger partial charge >= 0.3 is 5.97 Å². The van der Waals surface area contributed by atoms with E-state index in [-0.39, 0.29) is 6.10 Å². The summed E-state index contributed by atoms with van der Waals surface area (Å²) < 4.78 is 11.2. The van der Waals surface area contributed by atoms with Crippen molar-refractivity contribution in [1.29, 1.82) is 0 Å². The van der Waals surface area contributed by atoms with Crippen molar-refractivity contribution < 1.29 is 19.4 Å². The van der Waals surface area contributed by atoms with Gasteiger partial charge in [-0.2, -0.15) is 0 Å². The molecule has 0 spiro atoms. The number of hydrogen-bond donors (Lipinski definition) is 1. The third-order valence-corrected chi connectivity index (χ3v) is 5.06. The number of piperidine rings is 1. The Bertz CT molecular complexity index is 758. The number of carbonyl (C=O) groups is 1. The first-order valence-corrected chi connectivity index (χ1v) is 9.20. The first-order valence-electron chi connectivity index (χ1n) is 9.20. The Morgan fingerprint density at radius 1 is 1.33 bits per heavy atom. The molecule has 0 bridgehead atoms. The van der Waals surface area contributed by atoms with Gasteiger partial charge in [0.25, 0.3) is 0 Å². The van der Waals surface area contributed by atoms with Crippen LogP contribution < -0.4 is 4.74 Å². The van der Waals surface area contributed by atoms with Crippen LogP contribution in [0.2, 0.25) is 0 Å². The summed E-state index contributed by atoms with van der Waals surface area (Å²) in [7, 11) is 1.61. The SMILES string of the molecule is COc1ccc([C@H](C(=O)O)N2CCC(OCc3cccnc3)CC2)c(C)c1. The molecule has 1 atom stereocenters. The highest BCUT2D eigenvalue weighted by molar-refractivity contribution is 5.76. The average molecular weight is 370 g/mol. The van der Waals surface area contributed by atoms with Crippen LogP contribution >= 0.6 is 0 Å². The van der Waals surface area contributed by atoms with E-state index < -0.39 is 12.0 Å². The van der Waals surface area contributed by atoms with Gasteiger partial charge in [0, 0.05) is 25.5 Å². The standard InChI is InChI=1S/C21H26N2O4/c1-15-12-18(26-2)5-6-19(15)20(21(24)25)23-10-7-17(8-11-23)27-14-16-4-3-9-22-13-16/h3-6,9,12-13,17,20H,7-8,10-11,14H2,1-2H3,(H,24,25)/t20-/m1/s1. The Balaban J connectivity index is 1.61. The molecule has 1 aliphatic heterocycles. The van der Waals surface area contributed by atoms with Gasteiger partial charge in [-0.25, -0.2) is 0 Å². The lowest BCUT2D eigenvalue weighted by Gasteiger charge is -2.36. The van der Waals surface area contributed by atoms with Crippen LogP contribution in [0.15, 0.2) is 42.7 Å². The van der Waals surface area contributed by atoms with Gasteiger partial charge in [-0.1, -0.05) is 12.1 Å². The predicted molar refractivity (Wildman–Crippen MR) is 102 cm³/mol. The molecule has 1 fully saturated rings. The highest BCUT2D eigenvalue weighted by Gasteiger charge is 2.32. The number of carboxylic acids is 1. The number of methoxy groups -OCH3 is 1. The number of benzene rings is 1. The fraction of sp³-hybridized carbons (Fsp3) is 0.429. The molecule has 27 heavy (non-hydrogen) atoms. The molecule has 0 saturated carbocycles. The van der Waals surface area contributed by atoms with Crippen molar-refractivity contribution in [2.45, 2.75) is 38.5 Å². The molecule has 6 heteroatoms. The van der Waals surface area contributed by atoms with Crippen molar-refractivity contribution in [3.8, 4) is 5.75 Å². The normalized spacial score (nSPS) is 16.8. The Labute approximate surface area is 159 Å². The highest BCUT2D eigenvalue weighted by atomic mass is 16.5. The van der Waals surface area contributed by atoms with Crippen molar-refractivity contribution >= 4 is 5.97 Å². The van der Waals surface area contributed by atoms with Gasteiger partial charge in [-0.05, 0) is 54.7 Å². The monoisotopic (exact) mass is 370 g/mol. The lowest BCUT2D eigenvalue weighted by Crippen LogP contribution is -2.42. The summed E-state index contributed by atoms with van der Waals surface area (Å²) in [6.07, 6.45) is 5.34. The minimum Gasteiger partial charge on any atom is -0.497 e. The van der Waals surface area contributed by atoms with Gasteiger partial charge < -0.3 is 14.6 Å². The number of likely N-dealkylation sites (tertiary alicyclic amines) is 1. The molecule has 0 radical (unpaired) electrons. The van der Waals surface area contributed by atoms with Crippen molar-refractivity contribution in [2.24, 2.45) is 0 Å². The lowest BCUT2D eigenvalue weighted by atomic mass is 9.97. The van der Waals surface area contributed by atoms with Gasteiger partial charge in [0.1, 0.15) is 11.8 Å². The molecule has 3 rings (SSSR count). The van der Waals surface area contributed by atoms with Crippen LogP contribution in [0.5, 0.6) is 5.75 Å². The zero-order valence-corrected chi connectivity index (χ0v) is 15.8.